The van der Waals surface area contributed by atoms with Gasteiger partial charge in [-0.05, 0) is 127 Å². The van der Waals surface area contributed by atoms with Crippen LogP contribution in [-0.4, -0.2) is 6.71 Å². The van der Waals surface area contributed by atoms with Gasteiger partial charge >= 0.3 is 0 Å². The molecule has 2 aliphatic heterocycles. The number of furan rings is 1. The highest BCUT2D eigenvalue weighted by Crippen LogP contribution is 2.49. The maximum absolute atomic E-state index is 6.96. The largest absolute Gasteiger partial charge is 0.458 e. The van der Waals surface area contributed by atoms with Crippen LogP contribution < -0.4 is 30.9 Å². The van der Waals surface area contributed by atoms with Crippen LogP contribution in [0.5, 0.6) is 11.5 Å². The summed E-state index contributed by atoms with van der Waals surface area (Å²) in [4.78, 5) is 4.87. The van der Waals surface area contributed by atoms with Gasteiger partial charge in [0.1, 0.15) is 17.1 Å². The Hall–Kier alpha value is -6.20. The molecule has 0 atom stereocenters. The second-order valence-electron chi connectivity index (χ2n) is 22.0. The Balaban J connectivity index is 1.27. The first-order valence-corrected chi connectivity index (χ1v) is 22.6. The Bertz CT molecular complexity index is 3020. The van der Waals surface area contributed by atoms with Crippen LogP contribution in [-0.2, 0) is 21.7 Å². The summed E-state index contributed by atoms with van der Waals surface area (Å²) in [6.45, 7) is 27.4. The highest BCUT2D eigenvalue weighted by molar-refractivity contribution is 6.99. The summed E-state index contributed by atoms with van der Waals surface area (Å²) in [5.74, 6) is 1.83. The third-order valence-corrected chi connectivity index (χ3v) is 13.4. The number of nitrogens with zero attached hydrogens (tertiary/aromatic N) is 2. The van der Waals surface area contributed by atoms with Crippen LogP contribution in [0, 0.1) is 0 Å². The van der Waals surface area contributed by atoms with Crippen LogP contribution in [0.2, 0.25) is 0 Å². The molecule has 0 amide bonds. The lowest BCUT2D eigenvalue weighted by Gasteiger charge is -2.41. The van der Waals surface area contributed by atoms with E-state index in [4.69, 9.17) is 9.15 Å². The van der Waals surface area contributed by atoms with E-state index < -0.39 is 0 Å². The summed E-state index contributed by atoms with van der Waals surface area (Å²) >= 11 is 0. The quantitative estimate of drug-likeness (QED) is 0.165. The van der Waals surface area contributed by atoms with E-state index >= 15 is 0 Å². The molecule has 0 N–H and O–H groups in total. The van der Waals surface area contributed by atoms with E-state index in [9.17, 15) is 0 Å². The van der Waals surface area contributed by atoms with E-state index in [1.807, 2.05) is 0 Å². The van der Waals surface area contributed by atoms with Crippen molar-refractivity contribution in [1.29, 1.82) is 0 Å². The van der Waals surface area contributed by atoms with Crippen LogP contribution in [0.4, 0.5) is 34.1 Å². The molecule has 63 heavy (non-hydrogen) atoms. The lowest BCUT2D eigenvalue weighted by Crippen LogP contribution is -2.59. The molecule has 3 heterocycles. The molecule has 8 aromatic rings. The van der Waals surface area contributed by atoms with Crippen molar-refractivity contribution >= 4 is 79.2 Å². The van der Waals surface area contributed by atoms with Crippen molar-refractivity contribution in [3.63, 3.8) is 0 Å². The number of hydrogen-bond donors (Lipinski definition) is 0. The lowest BCUT2D eigenvalue weighted by atomic mass is 9.34. The molecule has 316 valence electrons. The number of benzene rings is 7. The van der Waals surface area contributed by atoms with Gasteiger partial charge in [0, 0.05) is 39.2 Å². The molecule has 0 fully saturated rings. The van der Waals surface area contributed by atoms with Crippen molar-refractivity contribution in [3.05, 3.63) is 162 Å². The number of hydrogen-bond acceptors (Lipinski definition) is 4. The average molecular weight is 827 g/mol. The van der Waals surface area contributed by atoms with E-state index in [0.29, 0.717) is 0 Å². The van der Waals surface area contributed by atoms with Crippen molar-refractivity contribution in [3.8, 4) is 11.5 Å². The fourth-order valence-electron chi connectivity index (χ4n) is 9.64. The molecule has 0 bridgehead atoms. The Morgan fingerprint density at radius 2 is 1.02 bits per heavy atom. The molecule has 0 aliphatic carbocycles. The van der Waals surface area contributed by atoms with Crippen LogP contribution in [0.15, 0.2) is 144 Å². The standard InChI is InChI=1S/C58H59BN2O2/c1-55(2,3)36-20-26-40(27-21-36)60(41-28-22-37(23-29-41)56(4,5)6)49-35-42(34-44-43-16-13-14-18-50(43)63-54(44)49)61-47-30-24-38(57(7,8)9)32-45(47)59-46-33-39(58(10,11)12)25-31-51(46)62-52-19-15-17-48(61)53(52)59/h13-35H,1-12H3. The zero-order valence-electron chi connectivity index (χ0n) is 39.1. The number of para-hydroxylation sites is 1. The maximum Gasteiger partial charge on any atom is 0.256 e. The van der Waals surface area contributed by atoms with Gasteiger partial charge in [0.15, 0.2) is 5.58 Å². The molecule has 0 unspecified atom stereocenters. The Morgan fingerprint density at radius 1 is 0.460 bits per heavy atom. The van der Waals surface area contributed by atoms with E-state index in [0.717, 1.165) is 61.9 Å². The number of fused-ring (bicyclic) bond motifs is 7. The molecule has 0 saturated heterocycles. The second kappa shape index (κ2) is 14.2. The predicted octanol–water partition coefficient (Wildman–Crippen LogP) is 14.7. The summed E-state index contributed by atoms with van der Waals surface area (Å²) in [5.41, 5.74) is 17.0. The summed E-state index contributed by atoms with van der Waals surface area (Å²) in [5, 5.41) is 2.15. The van der Waals surface area contributed by atoms with Crippen LogP contribution in [0.1, 0.15) is 105 Å². The number of anilines is 6. The molecule has 5 heteroatoms. The Kier molecular flexibility index (Phi) is 9.18. The van der Waals surface area contributed by atoms with Crippen LogP contribution in [0.3, 0.4) is 0 Å². The van der Waals surface area contributed by atoms with Crippen LogP contribution >= 0.6 is 0 Å². The van der Waals surface area contributed by atoms with Gasteiger partial charge in [-0.3, -0.25) is 0 Å². The molecule has 4 nitrogen and oxygen atoms in total. The van der Waals surface area contributed by atoms with Crippen LogP contribution in [0.25, 0.3) is 21.9 Å². The Morgan fingerprint density at radius 3 is 1.62 bits per heavy atom. The normalized spacial score (nSPS) is 13.8. The molecule has 0 spiro atoms. The van der Waals surface area contributed by atoms with E-state index in [1.54, 1.807) is 0 Å². The minimum absolute atomic E-state index is 0.00656. The lowest BCUT2D eigenvalue weighted by molar-refractivity contribution is 0.486. The van der Waals surface area contributed by atoms with Gasteiger partial charge in [0.2, 0.25) is 0 Å². The van der Waals surface area contributed by atoms with E-state index in [1.165, 1.54) is 44.3 Å². The minimum Gasteiger partial charge on any atom is -0.458 e. The summed E-state index contributed by atoms with van der Waals surface area (Å²) in [6, 6.07) is 51.9. The second-order valence-corrected chi connectivity index (χ2v) is 22.0. The first-order valence-electron chi connectivity index (χ1n) is 22.6. The molecule has 10 rings (SSSR count). The number of rotatable bonds is 4. The molecule has 1 aromatic heterocycles. The fourth-order valence-corrected chi connectivity index (χ4v) is 9.64. The smallest absolute Gasteiger partial charge is 0.256 e. The third-order valence-electron chi connectivity index (χ3n) is 13.4. The highest BCUT2D eigenvalue weighted by atomic mass is 16.5. The molecule has 7 aromatic carbocycles. The molecule has 0 radical (unpaired) electrons. The minimum atomic E-state index is -0.0473. The monoisotopic (exact) mass is 826 g/mol. The molecular formula is C58H59BN2O2. The maximum atomic E-state index is 6.96. The average Bonchev–Trinajstić information content (AvgIpc) is 3.61. The predicted molar refractivity (Wildman–Crippen MR) is 269 cm³/mol. The molecule has 2 aliphatic rings. The fraction of sp³-hybridized carbons (Fsp3) is 0.276. The van der Waals surface area contributed by atoms with Crippen molar-refractivity contribution in [2.24, 2.45) is 0 Å². The van der Waals surface area contributed by atoms with Gasteiger partial charge in [-0.1, -0.05) is 156 Å². The van der Waals surface area contributed by atoms with Crippen molar-refractivity contribution in [1.82, 2.24) is 0 Å². The topological polar surface area (TPSA) is 28.9 Å². The summed E-state index contributed by atoms with van der Waals surface area (Å²) in [7, 11) is 0. The van der Waals surface area contributed by atoms with Gasteiger partial charge in [-0.25, -0.2) is 0 Å². The van der Waals surface area contributed by atoms with E-state index in [-0.39, 0.29) is 28.4 Å². The first-order chi connectivity index (χ1) is 29.8. The van der Waals surface area contributed by atoms with Crippen molar-refractivity contribution in [2.45, 2.75) is 105 Å². The van der Waals surface area contributed by atoms with Gasteiger partial charge in [0.05, 0.1) is 5.69 Å². The zero-order chi connectivity index (χ0) is 44.4. The molecular weight excluding hydrogens is 767 g/mol. The van der Waals surface area contributed by atoms with Gasteiger partial charge in [-0.15, -0.1) is 0 Å². The SMILES string of the molecule is CC(C)(C)c1ccc(N(c2ccc(C(C)(C)C)cc2)c2cc(N3c4ccc(C(C)(C)C)cc4B4c5cc(C(C)(C)C)ccc5Oc5cccc3c54)cc3c2oc2ccccc23)cc1. The zero-order valence-corrected chi connectivity index (χ0v) is 39.1. The van der Waals surface area contributed by atoms with Gasteiger partial charge in [-0.2, -0.15) is 0 Å². The van der Waals surface area contributed by atoms with Crippen molar-refractivity contribution < 1.29 is 9.15 Å². The first kappa shape index (κ1) is 40.9. The number of ether oxygens (including phenoxy) is 1. The van der Waals surface area contributed by atoms with Gasteiger partial charge in [0.25, 0.3) is 6.71 Å². The summed E-state index contributed by atoms with van der Waals surface area (Å²) < 4.78 is 13.9. The molecule has 0 saturated carbocycles. The third kappa shape index (κ3) is 6.92. The van der Waals surface area contributed by atoms with E-state index in [2.05, 4.69) is 232 Å². The Labute approximate surface area is 374 Å². The summed E-state index contributed by atoms with van der Waals surface area (Å²) in [6.07, 6.45) is 0. The van der Waals surface area contributed by atoms with Crippen molar-refractivity contribution in [2.75, 3.05) is 9.80 Å². The highest BCUT2D eigenvalue weighted by Gasteiger charge is 2.43. The van der Waals surface area contributed by atoms with Gasteiger partial charge < -0.3 is 19.0 Å².